The second-order valence-electron chi connectivity index (χ2n) is 4.32. The first kappa shape index (κ1) is 12.4. The summed E-state index contributed by atoms with van der Waals surface area (Å²) in [5.41, 5.74) is 0. The first-order valence-electron chi connectivity index (χ1n) is 6.15. The van der Waals surface area contributed by atoms with Gasteiger partial charge in [0, 0.05) is 12.6 Å². The summed E-state index contributed by atoms with van der Waals surface area (Å²) in [6.07, 6.45) is 3.69. The van der Waals surface area contributed by atoms with Crippen LogP contribution >= 0.6 is 11.6 Å². The van der Waals surface area contributed by atoms with Gasteiger partial charge in [-0.1, -0.05) is 13.3 Å². The van der Waals surface area contributed by atoms with Crippen molar-refractivity contribution in [2.24, 2.45) is 5.92 Å². The number of nitrogens with one attached hydrogen (secondary N) is 2. The van der Waals surface area contributed by atoms with E-state index in [0.29, 0.717) is 17.9 Å². The van der Waals surface area contributed by atoms with Crippen LogP contribution in [0, 0.1) is 5.92 Å². The Kier molecular flexibility index (Phi) is 3.99. The fourth-order valence-electron chi connectivity index (χ4n) is 1.93. The second kappa shape index (κ2) is 5.49. The van der Waals surface area contributed by atoms with Gasteiger partial charge < -0.3 is 10.6 Å². The van der Waals surface area contributed by atoms with E-state index in [0.717, 1.165) is 12.5 Å². The van der Waals surface area contributed by atoms with Gasteiger partial charge in [0.05, 0.1) is 0 Å². The molecule has 1 fully saturated rings. The fraction of sp³-hybridized carbons (Fsp3) is 0.727. The molecule has 94 valence electrons. The quantitative estimate of drug-likeness (QED) is 0.818. The number of nitrogens with zero attached hydrogens (tertiary/aromatic N) is 3. The minimum atomic E-state index is 0.228. The van der Waals surface area contributed by atoms with Gasteiger partial charge in [0.2, 0.25) is 17.2 Å². The molecule has 0 saturated heterocycles. The monoisotopic (exact) mass is 255 g/mol. The van der Waals surface area contributed by atoms with Crippen LogP contribution in [0.1, 0.15) is 33.1 Å². The van der Waals surface area contributed by atoms with Gasteiger partial charge in [-0.05, 0) is 37.3 Å². The molecule has 1 saturated carbocycles. The molecule has 0 aromatic carbocycles. The molecule has 5 nitrogen and oxygen atoms in total. The normalized spacial score (nSPS) is 22.3. The molecule has 1 aromatic rings. The number of aromatic nitrogens is 3. The van der Waals surface area contributed by atoms with Gasteiger partial charge in [-0.2, -0.15) is 15.0 Å². The molecular weight excluding hydrogens is 238 g/mol. The molecule has 2 atom stereocenters. The Morgan fingerprint density at radius 1 is 1.24 bits per heavy atom. The van der Waals surface area contributed by atoms with Crippen molar-refractivity contribution < 1.29 is 0 Å². The van der Waals surface area contributed by atoms with Crippen LogP contribution in [0.5, 0.6) is 0 Å². The van der Waals surface area contributed by atoms with Crippen molar-refractivity contribution in [3.63, 3.8) is 0 Å². The van der Waals surface area contributed by atoms with E-state index in [1.165, 1.54) is 19.3 Å². The molecule has 2 unspecified atom stereocenters. The molecule has 0 spiro atoms. The molecule has 2 N–H and O–H groups in total. The summed E-state index contributed by atoms with van der Waals surface area (Å²) in [5, 5.41) is 6.56. The first-order chi connectivity index (χ1) is 8.22. The van der Waals surface area contributed by atoms with E-state index in [9.17, 15) is 0 Å². The zero-order chi connectivity index (χ0) is 12.3. The van der Waals surface area contributed by atoms with Gasteiger partial charge in [0.1, 0.15) is 0 Å². The van der Waals surface area contributed by atoms with E-state index >= 15 is 0 Å². The van der Waals surface area contributed by atoms with Gasteiger partial charge in [-0.3, -0.25) is 0 Å². The minimum absolute atomic E-state index is 0.228. The van der Waals surface area contributed by atoms with E-state index < -0.39 is 0 Å². The Morgan fingerprint density at radius 3 is 2.71 bits per heavy atom. The van der Waals surface area contributed by atoms with E-state index in [-0.39, 0.29) is 5.28 Å². The van der Waals surface area contributed by atoms with E-state index in [2.05, 4.69) is 32.5 Å². The van der Waals surface area contributed by atoms with Crippen molar-refractivity contribution in [2.45, 2.75) is 39.2 Å². The fourth-order valence-corrected chi connectivity index (χ4v) is 2.09. The van der Waals surface area contributed by atoms with Crippen molar-refractivity contribution in [3.8, 4) is 0 Å². The van der Waals surface area contributed by atoms with Gasteiger partial charge in [-0.25, -0.2) is 0 Å². The molecule has 0 bridgehead atoms. The molecule has 0 aliphatic heterocycles. The topological polar surface area (TPSA) is 62.7 Å². The highest BCUT2D eigenvalue weighted by Gasteiger charge is 2.36. The van der Waals surface area contributed by atoms with E-state index in [1.54, 1.807) is 0 Å². The molecule has 6 heteroatoms. The van der Waals surface area contributed by atoms with Gasteiger partial charge in [0.25, 0.3) is 0 Å². The predicted octanol–water partition coefficient (Wildman–Crippen LogP) is 2.56. The van der Waals surface area contributed by atoms with Crippen LogP contribution in [-0.2, 0) is 0 Å². The average molecular weight is 256 g/mol. The maximum absolute atomic E-state index is 5.84. The number of halogens is 1. The summed E-state index contributed by atoms with van der Waals surface area (Å²) in [6.45, 7) is 4.96. The number of rotatable bonds is 6. The van der Waals surface area contributed by atoms with Crippen molar-refractivity contribution in [1.29, 1.82) is 0 Å². The Hall–Kier alpha value is -1.10. The molecule has 1 aromatic heterocycles. The molecule has 1 aliphatic rings. The lowest BCUT2D eigenvalue weighted by molar-refractivity contribution is 0.691. The van der Waals surface area contributed by atoms with Crippen molar-refractivity contribution in [1.82, 2.24) is 15.0 Å². The average Bonchev–Trinajstić information content (AvgIpc) is 2.96. The molecule has 17 heavy (non-hydrogen) atoms. The maximum atomic E-state index is 5.84. The highest BCUT2D eigenvalue weighted by atomic mass is 35.5. The lowest BCUT2D eigenvalue weighted by atomic mass is 10.2. The van der Waals surface area contributed by atoms with Crippen molar-refractivity contribution in [3.05, 3.63) is 5.28 Å². The molecule has 1 aliphatic carbocycles. The summed E-state index contributed by atoms with van der Waals surface area (Å²) in [5.74, 6) is 1.87. The van der Waals surface area contributed by atoms with Crippen LogP contribution in [0.3, 0.4) is 0 Å². The SMILES string of the molecule is CCCC1CC1Nc1nc(Cl)nc(NCC)n1. The summed E-state index contributed by atoms with van der Waals surface area (Å²) >= 11 is 5.84. The van der Waals surface area contributed by atoms with E-state index in [1.807, 2.05) is 6.92 Å². The number of hydrogen-bond donors (Lipinski definition) is 2. The first-order valence-corrected chi connectivity index (χ1v) is 6.52. The Morgan fingerprint density at radius 2 is 2.00 bits per heavy atom. The molecule has 1 heterocycles. The Balaban J connectivity index is 1.96. The van der Waals surface area contributed by atoms with E-state index in [4.69, 9.17) is 11.6 Å². The highest BCUT2D eigenvalue weighted by molar-refractivity contribution is 6.28. The molecular formula is C11H18ClN5. The lowest BCUT2D eigenvalue weighted by Crippen LogP contribution is -2.11. The largest absolute Gasteiger partial charge is 0.354 e. The predicted molar refractivity (Wildman–Crippen MR) is 69.4 cm³/mol. The zero-order valence-corrected chi connectivity index (χ0v) is 11.0. The maximum Gasteiger partial charge on any atom is 0.229 e. The summed E-state index contributed by atoms with van der Waals surface area (Å²) < 4.78 is 0. The summed E-state index contributed by atoms with van der Waals surface area (Å²) in [7, 11) is 0. The lowest BCUT2D eigenvalue weighted by Gasteiger charge is -2.06. The van der Waals surface area contributed by atoms with Crippen molar-refractivity contribution >= 4 is 23.5 Å². The third-order valence-electron chi connectivity index (χ3n) is 2.84. The molecule has 0 radical (unpaired) electrons. The van der Waals surface area contributed by atoms with Crippen LogP contribution in [0.2, 0.25) is 5.28 Å². The van der Waals surface area contributed by atoms with Crippen LogP contribution in [0.15, 0.2) is 0 Å². The van der Waals surface area contributed by atoms with Crippen molar-refractivity contribution in [2.75, 3.05) is 17.2 Å². The van der Waals surface area contributed by atoms with Gasteiger partial charge in [-0.15, -0.1) is 0 Å². The van der Waals surface area contributed by atoms with Crippen LogP contribution in [-0.4, -0.2) is 27.5 Å². The standard InChI is InChI=1S/C11H18ClN5/c1-3-5-7-6-8(7)14-11-16-9(12)15-10(17-11)13-4-2/h7-8H,3-6H2,1-2H3,(H2,13,14,15,16,17). The number of hydrogen-bond acceptors (Lipinski definition) is 5. The van der Waals surface area contributed by atoms with Gasteiger partial charge >= 0.3 is 0 Å². The van der Waals surface area contributed by atoms with Crippen LogP contribution in [0.4, 0.5) is 11.9 Å². The third-order valence-corrected chi connectivity index (χ3v) is 3.01. The summed E-state index contributed by atoms with van der Waals surface area (Å²) in [4.78, 5) is 12.4. The van der Waals surface area contributed by atoms with Gasteiger partial charge in [0.15, 0.2) is 0 Å². The smallest absolute Gasteiger partial charge is 0.229 e. The zero-order valence-electron chi connectivity index (χ0n) is 10.2. The highest BCUT2D eigenvalue weighted by Crippen LogP contribution is 2.36. The summed E-state index contributed by atoms with van der Waals surface area (Å²) in [6, 6.07) is 0.503. The molecule has 0 amide bonds. The minimum Gasteiger partial charge on any atom is -0.354 e. The van der Waals surface area contributed by atoms with Crippen LogP contribution in [0.25, 0.3) is 0 Å². The Bertz CT molecular complexity index is 384. The number of anilines is 2. The Labute approximate surface area is 106 Å². The molecule has 2 rings (SSSR count). The third kappa shape index (κ3) is 3.43. The van der Waals surface area contributed by atoms with Crippen LogP contribution < -0.4 is 10.6 Å². The second-order valence-corrected chi connectivity index (χ2v) is 4.66.